The van der Waals surface area contributed by atoms with Crippen LogP contribution in [0.25, 0.3) is 0 Å². The normalized spacial score (nSPS) is 17.5. The van der Waals surface area contributed by atoms with E-state index in [-0.39, 0.29) is 24.0 Å². The monoisotopic (exact) mass is 367 g/mol. The van der Waals surface area contributed by atoms with E-state index >= 15 is 0 Å². The lowest BCUT2D eigenvalue weighted by Gasteiger charge is -2.25. The van der Waals surface area contributed by atoms with Gasteiger partial charge < -0.3 is 20.3 Å². The minimum atomic E-state index is -0.284. The van der Waals surface area contributed by atoms with Crippen LogP contribution in [0.15, 0.2) is 54.6 Å². The van der Waals surface area contributed by atoms with Crippen molar-refractivity contribution in [3.8, 4) is 5.75 Å². The van der Waals surface area contributed by atoms with Crippen LogP contribution in [0.1, 0.15) is 30.5 Å². The van der Waals surface area contributed by atoms with Crippen molar-refractivity contribution in [1.29, 1.82) is 0 Å². The van der Waals surface area contributed by atoms with Gasteiger partial charge in [0, 0.05) is 25.1 Å². The van der Waals surface area contributed by atoms with Gasteiger partial charge in [-0.25, -0.2) is 4.79 Å². The number of ether oxygens (including phenoxy) is 1. The maximum absolute atomic E-state index is 12.4. The lowest BCUT2D eigenvalue weighted by molar-refractivity contribution is -0.129. The molecule has 1 fully saturated rings. The van der Waals surface area contributed by atoms with Gasteiger partial charge in [0.15, 0.2) is 0 Å². The van der Waals surface area contributed by atoms with Crippen molar-refractivity contribution >= 4 is 11.9 Å². The Bertz CT molecular complexity index is 794. The number of hydrogen-bond acceptors (Lipinski definition) is 3. The Hall–Kier alpha value is -3.02. The number of carbonyl (C=O) groups is 2. The number of likely N-dealkylation sites (tertiary alicyclic amines) is 1. The van der Waals surface area contributed by atoms with Gasteiger partial charge in [-0.15, -0.1) is 0 Å². The number of hydrogen-bond donors (Lipinski definition) is 2. The highest BCUT2D eigenvalue weighted by Gasteiger charge is 2.33. The highest BCUT2D eigenvalue weighted by atomic mass is 16.5. The number of benzene rings is 2. The number of rotatable bonds is 6. The molecule has 2 aromatic carbocycles. The molecule has 0 saturated carbocycles. The molecule has 0 bridgehead atoms. The fraction of sp³-hybridized carbons (Fsp3) is 0.333. The summed E-state index contributed by atoms with van der Waals surface area (Å²) in [5.74, 6) is 0.790. The summed E-state index contributed by atoms with van der Waals surface area (Å²) >= 11 is 0. The molecule has 142 valence electrons. The van der Waals surface area contributed by atoms with E-state index in [1.54, 1.807) is 7.11 Å². The summed E-state index contributed by atoms with van der Waals surface area (Å²) < 4.78 is 5.28. The van der Waals surface area contributed by atoms with Crippen LogP contribution in [0.5, 0.6) is 5.75 Å². The molecule has 1 aliphatic heterocycles. The third-order valence-electron chi connectivity index (χ3n) is 4.88. The smallest absolute Gasteiger partial charge is 0.315 e. The van der Waals surface area contributed by atoms with E-state index in [9.17, 15) is 9.59 Å². The first-order valence-corrected chi connectivity index (χ1v) is 9.09. The fourth-order valence-electron chi connectivity index (χ4n) is 3.38. The topological polar surface area (TPSA) is 70.7 Å². The third-order valence-corrected chi connectivity index (χ3v) is 4.88. The van der Waals surface area contributed by atoms with Gasteiger partial charge in [0.2, 0.25) is 5.91 Å². The number of nitrogens with zero attached hydrogens (tertiary/aromatic N) is 1. The number of amides is 3. The summed E-state index contributed by atoms with van der Waals surface area (Å²) in [7, 11) is 1.60. The van der Waals surface area contributed by atoms with Gasteiger partial charge in [-0.2, -0.15) is 0 Å². The second-order valence-electron chi connectivity index (χ2n) is 6.67. The van der Waals surface area contributed by atoms with E-state index in [0.717, 1.165) is 16.9 Å². The average Bonchev–Trinajstić information content (AvgIpc) is 3.06. The summed E-state index contributed by atoms with van der Waals surface area (Å²) in [5, 5.41) is 5.73. The van der Waals surface area contributed by atoms with Crippen LogP contribution in [0.2, 0.25) is 0 Å². The molecule has 3 amide bonds. The van der Waals surface area contributed by atoms with Crippen LogP contribution in [-0.4, -0.2) is 36.5 Å². The second kappa shape index (κ2) is 8.58. The number of carbonyl (C=O) groups excluding carboxylic acids is 2. The van der Waals surface area contributed by atoms with Crippen molar-refractivity contribution in [3.63, 3.8) is 0 Å². The van der Waals surface area contributed by atoms with Crippen LogP contribution < -0.4 is 15.4 Å². The Morgan fingerprint density at radius 1 is 1.19 bits per heavy atom. The molecular weight excluding hydrogens is 342 g/mol. The summed E-state index contributed by atoms with van der Waals surface area (Å²) in [4.78, 5) is 26.4. The van der Waals surface area contributed by atoms with E-state index in [4.69, 9.17) is 4.74 Å². The standard InChI is InChI=1S/C21H25N3O3/c1-15(16-8-4-3-5-9-16)24-14-18(12-20(24)25)23-21(26)22-13-17-10-6-7-11-19(17)27-2/h3-11,15,18H,12-14H2,1-2H3,(H2,22,23,26). The zero-order valence-corrected chi connectivity index (χ0v) is 15.6. The molecule has 27 heavy (non-hydrogen) atoms. The largest absolute Gasteiger partial charge is 0.496 e. The van der Waals surface area contributed by atoms with Crippen molar-refractivity contribution in [3.05, 3.63) is 65.7 Å². The van der Waals surface area contributed by atoms with Crippen molar-refractivity contribution in [2.45, 2.75) is 32.0 Å². The molecule has 2 unspecified atom stereocenters. The van der Waals surface area contributed by atoms with Crippen molar-refractivity contribution in [2.24, 2.45) is 0 Å². The molecule has 0 radical (unpaired) electrons. The van der Waals surface area contributed by atoms with Crippen LogP contribution in [0.4, 0.5) is 4.79 Å². The second-order valence-corrected chi connectivity index (χ2v) is 6.67. The molecule has 2 atom stereocenters. The maximum Gasteiger partial charge on any atom is 0.315 e. The SMILES string of the molecule is COc1ccccc1CNC(=O)NC1CC(=O)N(C(C)c2ccccc2)C1. The first kappa shape index (κ1) is 18.8. The third kappa shape index (κ3) is 4.58. The van der Waals surface area contributed by atoms with E-state index in [1.807, 2.05) is 66.4 Å². The quantitative estimate of drug-likeness (QED) is 0.825. The predicted octanol–water partition coefficient (Wildman–Crippen LogP) is 2.86. The van der Waals surface area contributed by atoms with Gasteiger partial charge in [0.05, 0.1) is 19.2 Å². The molecule has 1 saturated heterocycles. The van der Waals surface area contributed by atoms with Crippen LogP contribution in [0, 0.1) is 0 Å². The Morgan fingerprint density at radius 2 is 1.89 bits per heavy atom. The first-order valence-electron chi connectivity index (χ1n) is 9.09. The highest BCUT2D eigenvalue weighted by molar-refractivity contribution is 5.82. The molecular formula is C21H25N3O3. The zero-order chi connectivity index (χ0) is 19.2. The number of urea groups is 1. The highest BCUT2D eigenvalue weighted by Crippen LogP contribution is 2.25. The van der Waals surface area contributed by atoms with Gasteiger partial charge >= 0.3 is 6.03 Å². The molecule has 6 nitrogen and oxygen atoms in total. The van der Waals surface area contributed by atoms with Gasteiger partial charge in [0.1, 0.15) is 5.75 Å². The van der Waals surface area contributed by atoms with Crippen LogP contribution >= 0.6 is 0 Å². The minimum Gasteiger partial charge on any atom is -0.496 e. The summed E-state index contributed by atoms with van der Waals surface area (Å²) in [6.45, 7) is 2.88. The first-order chi connectivity index (χ1) is 13.1. The molecule has 3 rings (SSSR count). The van der Waals surface area contributed by atoms with Gasteiger partial charge in [-0.05, 0) is 18.6 Å². The Kier molecular flexibility index (Phi) is 5.96. The van der Waals surface area contributed by atoms with Gasteiger partial charge in [0.25, 0.3) is 0 Å². The molecule has 0 aromatic heterocycles. The number of nitrogens with one attached hydrogen (secondary N) is 2. The molecule has 1 aliphatic rings. The van der Waals surface area contributed by atoms with E-state index in [2.05, 4.69) is 10.6 Å². The van der Waals surface area contributed by atoms with E-state index < -0.39 is 0 Å². The fourth-order valence-corrected chi connectivity index (χ4v) is 3.38. The van der Waals surface area contributed by atoms with Crippen molar-refractivity contribution in [2.75, 3.05) is 13.7 Å². The lowest BCUT2D eigenvalue weighted by atomic mass is 10.1. The Labute approximate surface area is 159 Å². The van der Waals surface area contributed by atoms with Gasteiger partial charge in [-0.1, -0.05) is 48.5 Å². The summed E-state index contributed by atoms with van der Waals surface area (Å²) in [5.41, 5.74) is 1.99. The number of methoxy groups -OCH3 is 1. The minimum absolute atomic E-state index is 0.0119. The summed E-state index contributed by atoms with van der Waals surface area (Å²) in [6, 6.07) is 17.0. The molecule has 6 heteroatoms. The van der Waals surface area contributed by atoms with Crippen LogP contribution in [0.3, 0.4) is 0 Å². The molecule has 0 spiro atoms. The summed E-state index contributed by atoms with van der Waals surface area (Å²) in [6.07, 6.45) is 0.319. The molecule has 2 N–H and O–H groups in total. The van der Waals surface area contributed by atoms with Crippen LogP contribution in [-0.2, 0) is 11.3 Å². The van der Waals surface area contributed by atoms with Gasteiger partial charge in [-0.3, -0.25) is 4.79 Å². The van der Waals surface area contributed by atoms with E-state index in [1.165, 1.54) is 0 Å². The number of para-hydroxylation sites is 1. The Balaban J connectivity index is 1.52. The maximum atomic E-state index is 12.4. The Morgan fingerprint density at radius 3 is 2.63 bits per heavy atom. The van der Waals surface area contributed by atoms with Crippen molar-refractivity contribution < 1.29 is 14.3 Å². The average molecular weight is 367 g/mol. The van der Waals surface area contributed by atoms with Crippen molar-refractivity contribution in [1.82, 2.24) is 15.5 Å². The van der Waals surface area contributed by atoms with E-state index in [0.29, 0.717) is 19.5 Å². The zero-order valence-electron chi connectivity index (χ0n) is 15.6. The lowest BCUT2D eigenvalue weighted by Crippen LogP contribution is -2.43. The molecule has 0 aliphatic carbocycles. The molecule has 2 aromatic rings. The predicted molar refractivity (Wildman–Crippen MR) is 103 cm³/mol. The molecule has 1 heterocycles.